The van der Waals surface area contributed by atoms with E-state index in [0.717, 1.165) is 16.7 Å². The molecule has 3 rings (SSSR count). The maximum Gasteiger partial charge on any atom is 0.151 e. The summed E-state index contributed by atoms with van der Waals surface area (Å²) in [6, 6.07) is 28.4. The molecule has 3 aromatic carbocycles. The number of benzene rings is 3. The molecule has 0 bridgehead atoms. The topological polar surface area (TPSA) is 85.2 Å². The van der Waals surface area contributed by atoms with Crippen LogP contribution in [0.1, 0.15) is 16.7 Å². The molecule has 6 nitrogen and oxygen atoms in total. The summed E-state index contributed by atoms with van der Waals surface area (Å²) in [5.41, 5.74) is 2.69. The van der Waals surface area contributed by atoms with E-state index in [1.807, 2.05) is 91.0 Å². The second-order valence-corrected chi connectivity index (χ2v) is 7.67. The number of aliphatic hydroxyl groups is 2. The van der Waals surface area contributed by atoms with Crippen LogP contribution < -0.4 is 0 Å². The smallest absolute Gasteiger partial charge is 0.151 e. The Morgan fingerprint density at radius 3 is 1.42 bits per heavy atom. The lowest BCUT2D eigenvalue weighted by atomic mass is 10.0. The van der Waals surface area contributed by atoms with Gasteiger partial charge in [-0.1, -0.05) is 91.0 Å². The Morgan fingerprint density at radius 1 is 0.636 bits per heavy atom. The molecule has 0 saturated heterocycles. The number of carbonyl (C=O) groups is 1. The lowest BCUT2D eigenvalue weighted by molar-refractivity contribution is -0.182. The molecule has 3 aromatic rings. The van der Waals surface area contributed by atoms with Crippen LogP contribution in [0, 0.1) is 0 Å². The van der Waals surface area contributed by atoms with Gasteiger partial charge in [0.1, 0.15) is 24.4 Å². The number of hydrogen-bond acceptors (Lipinski definition) is 6. The van der Waals surface area contributed by atoms with Gasteiger partial charge in [-0.3, -0.25) is 0 Å². The molecule has 0 aliphatic heterocycles. The summed E-state index contributed by atoms with van der Waals surface area (Å²) < 4.78 is 18.0. The van der Waals surface area contributed by atoms with Crippen LogP contribution in [0.5, 0.6) is 0 Å². The fraction of sp³-hybridized carbons (Fsp3) is 0.296. The van der Waals surface area contributed by atoms with Crippen molar-refractivity contribution in [3.8, 4) is 0 Å². The van der Waals surface area contributed by atoms with E-state index in [0.29, 0.717) is 6.29 Å². The van der Waals surface area contributed by atoms with Crippen LogP contribution in [-0.4, -0.2) is 47.5 Å². The summed E-state index contributed by atoms with van der Waals surface area (Å²) in [6.07, 6.45) is -3.57. The van der Waals surface area contributed by atoms with Crippen molar-refractivity contribution in [2.45, 2.75) is 44.2 Å². The molecule has 0 heterocycles. The number of aldehydes is 1. The summed E-state index contributed by atoms with van der Waals surface area (Å²) >= 11 is 0. The third-order valence-electron chi connectivity index (χ3n) is 5.20. The molecule has 0 amide bonds. The molecule has 0 radical (unpaired) electrons. The van der Waals surface area contributed by atoms with Crippen LogP contribution in [0.4, 0.5) is 0 Å². The van der Waals surface area contributed by atoms with Gasteiger partial charge in [0.2, 0.25) is 0 Å². The van der Waals surface area contributed by atoms with Gasteiger partial charge >= 0.3 is 0 Å². The SMILES string of the molecule is O=C[C@H](OCc1ccccc1)[C@@H](OCc1ccccc1)[C@H](OCc1ccccc1)[C@H](O)CO. The highest BCUT2D eigenvalue weighted by atomic mass is 16.6. The van der Waals surface area contributed by atoms with Gasteiger partial charge in [-0.15, -0.1) is 0 Å². The van der Waals surface area contributed by atoms with E-state index in [1.165, 1.54) is 0 Å². The van der Waals surface area contributed by atoms with Gasteiger partial charge < -0.3 is 29.2 Å². The fourth-order valence-corrected chi connectivity index (χ4v) is 3.42. The van der Waals surface area contributed by atoms with E-state index in [1.54, 1.807) is 0 Å². The first kappa shape index (κ1) is 24.8. The molecule has 0 aliphatic rings. The Morgan fingerprint density at radius 2 is 1.03 bits per heavy atom. The van der Waals surface area contributed by atoms with Crippen LogP contribution in [-0.2, 0) is 38.8 Å². The normalized spacial score (nSPS) is 14.8. The molecule has 0 unspecified atom stereocenters. The minimum Gasteiger partial charge on any atom is -0.394 e. The van der Waals surface area contributed by atoms with Crippen molar-refractivity contribution < 1.29 is 29.2 Å². The number of aliphatic hydroxyl groups excluding tert-OH is 2. The summed E-state index contributed by atoms with van der Waals surface area (Å²) in [5.74, 6) is 0. The molecule has 4 atom stereocenters. The molecule has 0 spiro atoms. The van der Waals surface area contributed by atoms with E-state index >= 15 is 0 Å². The molecule has 0 fully saturated rings. The third kappa shape index (κ3) is 7.89. The van der Waals surface area contributed by atoms with E-state index in [4.69, 9.17) is 14.2 Å². The predicted molar refractivity (Wildman–Crippen MR) is 124 cm³/mol. The number of rotatable bonds is 14. The van der Waals surface area contributed by atoms with Crippen LogP contribution in [0.3, 0.4) is 0 Å². The van der Waals surface area contributed by atoms with Crippen molar-refractivity contribution in [2.24, 2.45) is 0 Å². The third-order valence-corrected chi connectivity index (χ3v) is 5.20. The minimum atomic E-state index is -1.27. The Kier molecular flexibility index (Phi) is 10.2. The first-order chi connectivity index (χ1) is 16.2. The van der Waals surface area contributed by atoms with Crippen LogP contribution in [0.2, 0.25) is 0 Å². The highest BCUT2D eigenvalue weighted by molar-refractivity contribution is 5.57. The molecule has 6 heteroatoms. The van der Waals surface area contributed by atoms with E-state index in [-0.39, 0.29) is 19.8 Å². The highest BCUT2D eigenvalue weighted by Gasteiger charge is 2.37. The number of carbonyl (C=O) groups excluding carboxylic acids is 1. The Hall–Kier alpha value is -2.87. The largest absolute Gasteiger partial charge is 0.394 e. The van der Waals surface area contributed by atoms with Crippen molar-refractivity contribution in [2.75, 3.05) is 6.61 Å². The Balaban J connectivity index is 1.79. The van der Waals surface area contributed by atoms with Gasteiger partial charge in [0.25, 0.3) is 0 Å². The van der Waals surface area contributed by atoms with Gasteiger partial charge in [-0.05, 0) is 16.7 Å². The fourth-order valence-electron chi connectivity index (χ4n) is 3.42. The Bertz CT molecular complexity index is 919. The van der Waals surface area contributed by atoms with Gasteiger partial charge in [0, 0.05) is 0 Å². The zero-order valence-electron chi connectivity index (χ0n) is 18.4. The average molecular weight is 451 g/mol. The van der Waals surface area contributed by atoms with Crippen molar-refractivity contribution in [3.05, 3.63) is 108 Å². The van der Waals surface area contributed by atoms with Gasteiger partial charge in [0.05, 0.1) is 26.4 Å². The van der Waals surface area contributed by atoms with Crippen molar-refractivity contribution in [3.63, 3.8) is 0 Å². The molecule has 0 aromatic heterocycles. The van der Waals surface area contributed by atoms with Crippen LogP contribution >= 0.6 is 0 Å². The summed E-state index contributed by atoms with van der Waals surface area (Å²) in [7, 11) is 0. The lowest BCUT2D eigenvalue weighted by Gasteiger charge is -2.33. The highest BCUT2D eigenvalue weighted by Crippen LogP contribution is 2.20. The molecule has 33 heavy (non-hydrogen) atoms. The number of hydrogen-bond donors (Lipinski definition) is 2. The zero-order chi connectivity index (χ0) is 23.3. The van der Waals surface area contributed by atoms with E-state index in [9.17, 15) is 15.0 Å². The monoisotopic (exact) mass is 450 g/mol. The van der Waals surface area contributed by atoms with Crippen molar-refractivity contribution >= 4 is 6.29 Å². The Labute approximate surface area is 194 Å². The summed E-state index contributed by atoms with van der Waals surface area (Å²) in [5, 5.41) is 20.3. The first-order valence-electron chi connectivity index (χ1n) is 10.9. The molecular weight excluding hydrogens is 420 g/mol. The van der Waals surface area contributed by atoms with Crippen LogP contribution in [0.25, 0.3) is 0 Å². The van der Waals surface area contributed by atoms with E-state index in [2.05, 4.69) is 0 Å². The standard InChI is InChI=1S/C27H30O6/c28-16-24(30)26(32-19-22-12-6-2-7-13-22)27(33-20-23-14-8-3-9-15-23)25(17-29)31-18-21-10-4-1-5-11-21/h1-15,17,24-28,30H,16,18-20H2/t24-,25+,26-,27-/m1/s1. The predicted octanol–water partition coefficient (Wildman–Crippen LogP) is 3.29. The van der Waals surface area contributed by atoms with Crippen molar-refractivity contribution in [1.82, 2.24) is 0 Å². The van der Waals surface area contributed by atoms with Gasteiger partial charge in [-0.2, -0.15) is 0 Å². The van der Waals surface area contributed by atoms with Gasteiger partial charge in [0.15, 0.2) is 6.29 Å². The first-order valence-corrected chi connectivity index (χ1v) is 10.9. The summed E-state index contributed by atoms with van der Waals surface area (Å²) in [4.78, 5) is 12.1. The zero-order valence-corrected chi connectivity index (χ0v) is 18.4. The number of ether oxygens (including phenoxy) is 3. The molecule has 2 N–H and O–H groups in total. The van der Waals surface area contributed by atoms with Gasteiger partial charge in [-0.25, -0.2) is 0 Å². The molecule has 174 valence electrons. The van der Waals surface area contributed by atoms with Crippen LogP contribution in [0.15, 0.2) is 91.0 Å². The van der Waals surface area contributed by atoms with Crippen molar-refractivity contribution in [1.29, 1.82) is 0 Å². The average Bonchev–Trinajstić information content (AvgIpc) is 2.88. The summed E-state index contributed by atoms with van der Waals surface area (Å²) in [6.45, 7) is 0.0108. The maximum atomic E-state index is 12.1. The molecule has 0 aliphatic carbocycles. The molecule has 0 saturated carbocycles. The quantitative estimate of drug-likeness (QED) is 0.367. The second kappa shape index (κ2) is 13.6. The molecular formula is C27H30O6. The maximum absolute atomic E-state index is 12.1. The second-order valence-electron chi connectivity index (χ2n) is 7.67. The van der Waals surface area contributed by atoms with E-state index < -0.39 is 31.0 Å². The minimum absolute atomic E-state index is 0.179. The lowest BCUT2D eigenvalue weighted by Crippen LogP contribution is -2.50.